The summed E-state index contributed by atoms with van der Waals surface area (Å²) in [5, 5.41) is 0.687. The number of benzene rings is 2. The normalized spacial score (nSPS) is 9.50. The van der Waals surface area contributed by atoms with Crippen LogP contribution in [0.2, 0.25) is 5.02 Å². The lowest BCUT2D eigenvalue weighted by Crippen LogP contribution is -2.10. The molecule has 2 aromatic carbocycles. The second-order valence-corrected chi connectivity index (χ2v) is 4.55. The van der Waals surface area contributed by atoms with Gasteiger partial charge in [-0.3, -0.25) is 0 Å². The molecule has 1 nitrogen and oxygen atoms in total. The van der Waals surface area contributed by atoms with E-state index in [2.05, 4.69) is 22.8 Å². The fraction of sp³-hybridized carbons (Fsp3) is 0.125. The third-order valence-corrected chi connectivity index (χ3v) is 2.92. The van der Waals surface area contributed by atoms with E-state index in [4.69, 9.17) is 11.6 Å². The third-order valence-electron chi connectivity index (χ3n) is 2.59. The summed E-state index contributed by atoms with van der Waals surface area (Å²) in [4.78, 5) is 2.05. The van der Waals surface area contributed by atoms with Crippen LogP contribution in [0.25, 0.3) is 0 Å². The van der Waals surface area contributed by atoms with Gasteiger partial charge in [0.15, 0.2) is 0 Å². The number of rotatable bonds is 1. The predicted molar refractivity (Wildman–Crippen MR) is 78.2 cm³/mol. The lowest BCUT2D eigenvalue weighted by atomic mass is 10.1. The van der Waals surface area contributed by atoms with E-state index < -0.39 is 0 Å². The van der Waals surface area contributed by atoms with Gasteiger partial charge in [-0.05, 0) is 24.3 Å². The van der Waals surface area contributed by atoms with Crippen molar-refractivity contribution < 1.29 is 0 Å². The summed E-state index contributed by atoms with van der Waals surface area (Å²) in [5.74, 6) is 6.29. The van der Waals surface area contributed by atoms with E-state index in [1.807, 2.05) is 56.6 Å². The SMILES string of the molecule is CN(C)c1ccccc1C#Cc1ccccc1Cl. The Morgan fingerprint density at radius 3 is 2.06 bits per heavy atom. The highest BCUT2D eigenvalue weighted by Crippen LogP contribution is 2.18. The smallest absolute Gasteiger partial charge is 0.0562 e. The van der Waals surface area contributed by atoms with Crippen LogP contribution in [-0.4, -0.2) is 14.1 Å². The van der Waals surface area contributed by atoms with Crippen LogP contribution in [0.4, 0.5) is 5.69 Å². The Kier molecular flexibility index (Phi) is 3.92. The molecule has 2 heteroatoms. The first kappa shape index (κ1) is 12.5. The Bertz CT molecular complexity index is 606. The summed E-state index contributed by atoms with van der Waals surface area (Å²) < 4.78 is 0. The lowest BCUT2D eigenvalue weighted by molar-refractivity contribution is 1.13. The maximum atomic E-state index is 6.08. The van der Waals surface area contributed by atoms with Gasteiger partial charge in [-0.15, -0.1) is 0 Å². The van der Waals surface area contributed by atoms with Crippen LogP contribution >= 0.6 is 11.6 Å². The first-order chi connectivity index (χ1) is 8.68. The molecular formula is C16H14ClN. The quantitative estimate of drug-likeness (QED) is 0.701. The summed E-state index contributed by atoms with van der Waals surface area (Å²) in [6, 6.07) is 15.7. The largest absolute Gasteiger partial charge is 0.377 e. The van der Waals surface area contributed by atoms with Gasteiger partial charge in [-0.2, -0.15) is 0 Å². The molecule has 0 saturated carbocycles. The number of anilines is 1. The molecule has 0 radical (unpaired) electrons. The molecule has 0 N–H and O–H groups in total. The zero-order valence-electron chi connectivity index (χ0n) is 10.4. The molecule has 0 amide bonds. The Balaban J connectivity index is 2.39. The molecule has 0 aliphatic rings. The van der Waals surface area contributed by atoms with Crippen LogP contribution in [-0.2, 0) is 0 Å². The molecule has 0 bridgehead atoms. The highest BCUT2D eigenvalue weighted by molar-refractivity contribution is 6.31. The predicted octanol–water partition coefficient (Wildman–Crippen LogP) is 3.81. The Morgan fingerprint density at radius 2 is 1.39 bits per heavy atom. The molecule has 2 aromatic rings. The Hall–Kier alpha value is -1.91. The van der Waals surface area contributed by atoms with Crippen molar-refractivity contribution in [2.45, 2.75) is 0 Å². The van der Waals surface area contributed by atoms with Crippen molar-refractivity contribution in [2.24, 2.45) is 0 Å². The average Bonchev–Trinajstić information content (AvgIpc) is 2.38. The zero-order chi connectivity index (χ0) is 13.0. The van der Waals surface area contributed by atoms with Gasteiger partial charge in [-0.1, -0.05) is 47.7 Å². The number of para-hydroxylation sites is 1. The van der Waals surface area contributed by atoms with E-state index in [9.17, 15) is 0 Å². The van der Waals surface area contributed by atoms with Gasteiger partial charge in [0.1, 0.15) is 0 Å². The minimum atomic E-state index is 0.687. The third kappa shape index (κ3) is 2.85. The Labute approximate surface area is 113 Å². The van der Waals surface area contributed by atoms with Gasteiger partial charge < -0.3 is 4.90 Å². The minimum Gasteiger partial charge on any atom is -0.377 e. The molecule has 0 unspecified atom stereocenters. The maximum absolute atomic E-state index is 6.08. The van der Waals surface area contributed by atoms with Crippen molar-refractivity contribution in [3.8, 4) is 11.8 Å². The van der Waals surface area contributed by atoms with Crippen molar-refractivity contribution in [1.82, 2.24) is 0 Å². The summed E-state index contributed by atoms with van der Waals surface area (Å²) in [6.07, 6.45) is 0. The number of nitrogens with zero attached hydrogens (tertiary/aromatic N) is 1. The highest BCUT2D eigenvalue weighted by Gasteiger charge is 2.00. The van der Waals surface area contributed by atoms with Gasteiger partial charge in [-0.25, -0.2) is 0 Å². The van der Waals surface area contributed by atoms with Gasteiger partial charge in [0.25, 0.3) is 0 Å². The van der Waals surface area contributed by atoms with E-state index in [0.29, 0.717) is 5.02 Å². The number of hydrogen-bond donors (Lipinski definition) is 0. The van der Waals surface area contributed by atoms with Crippen LogP contribution in [0.3, 0.4) is 0 Å². The van der Waals surface area contributed by atoms with Crippen LogP contribution in [0, 0.1) is 11.8 Å². The molecule has 0 heterocycles. The zero-order valence-corrected chi connectivity index (χ0v) is 11.2. The van der Waals surface area contributed by atoms with Crippen molar-refractivity contribution in [3.63, 3.8) is 0 Å². The van der Waals surface area contributed by atoms with Crippen LogP contribution in [0.15, 0.2) is 48.5 Å². The molecule has 0 atom stereocenters. The van der Waals surface area contributed by atoms with E-state index in [0.717, 1.165) is 16.8 Å². The van der Waals surface area contributed by atoms with Gasteiger partial charge >= 0.3 is 0 Å². The molecule has 0 saturated heterocycles. The standard InChI is InChI=1S/C16H14ClN/c1-18(2)16-10-6-4-8-14(16)12-11-13-7-3-5-9-15(13)17/h3-10H,1-2H3. The molecule has 0 spiro atoms. The molecular weight excluding hydrogens is 242 g/mol. The van der Waals surface area contributed by atoms with Crippen molar-refractivity contribution in [3.05, 3.63) is 64.7 Å². The lowest BCUT2D eigenvalue weighted by Gasteiger charge is -2.13. The first-order valence-corrected chi connectivity index (χ1v) is 6.09. The van der Waals surface area contributed by atoms with E-state index in [1.54, 1.807) is 0 Å². The number of hydrogen-bond acceptors (Lipinski definition) is 1. The topological polar surface area (TPSA) is 3.24 Å². The van der Waals surface area contributed by atoms with E-state index in [-0.39, 0.29) is 0 Å². The molecule has 90 valence electrons. The van der Waals surface area contributed by atoms with Gasteiger partial charge in [0.05, 0.1) is 10.7 Å². The maximum Gasteiger partial charge on any atom is 0.0562 e. The fourth-order valence-electron chi connectivity index (χ4n) is 1.67. The minimum absolute atomic E-state index is 0.687. The van der Waals surface area contributed by atoms with Crippen LogP contribution in [0.5, 0.6) is 0 Å². The van der Waals surface area contributed by atoms with E-state index >= 15 is 0 Å². The first-order valence-electron chi connectivity index (χ1n) is 5.71. The van der Waals surface area contributed by atoms with Crippen LogP contribution in [0.1, 0.15) is 11.1 Å². The summed E-state index contributed by atoms with van der Waals surface area (Å²) in [5.41, 5.74) is 2.96. The Morgan fingerprint density at radius 1 is 0.833 bits per heavy atom. The summed E-state index contributed by atoms with van der Waals surface area (Å²) in [7, 11) is 4.02. The van der Waals surface area contributed by atoms with Gasteiger partial charge in [0.2, 0.25) is 0 Å². The molecule has 0 aliphatic carbocycles. The molecule has 0 aromatic heterocycles. The van der Waals surface area contributed by atoms with Crippen molar-refractivity contribution >= 4 is 17.3 Å². The second-order valence-electron chi connectivity index (χ2n) is 4.14. The molecule has 18 heavy (non-hydrogen) atoms. The van der Waals surface area contributed by atoms with Gasteiger partial charge in [0, 0.05) is 25.2 Å². The monoisotopic (exact) mass is 255 g/mol. The van der Waals surface area contributed by atoms with E-state index in [1.165, 1.54) is 0 Å². The van der Waals surface area contributed by atoms with Crippen LogP contribution < -0.4 is 4.90 Å². The van der Waals surface area contributed by atoms with Crippen molar-refractivity contribution in [2.75, 3.05) is 19.0 Å². The second kappa shape index (κ2) is 5.62. The molecule has 0 fully saturated rings. The summed E-state index contributed by atoms with van der Waals surface area (Å²) >= 11 is 6.08. The molecule has 2 rings (SSSR count). The number of halogens is 1. The average molecular weight is 256 g/mol. The summed E-state index contributed by atoms with van der Waals surface area (Å²) in [6.45, 7) is 0. The molecule has 0 aliphatic heterocycles. The highest BCUT2D eigenvalue weighted by atomic mass is 35.5. The van der Waals surface area contributed by atoms with Crippen molar-refractivity contribution in [1.29, 1.82) is 0 Å². The fourth-order valence-corrected chi connectivity index (χ4v) is 1.85.